The fourth-order valence-electron chi connectivity index (χ4n) is 3.27. The van der Waals surface area contributed by atoms with Gasteiger partial charge in [0, 0.05) is 24.8 Å². The SMILES string of the molecule is O=S(=O)(Nc1cccc([C@@H](O)CNCCOc2ccc3c(OC(F)F)n[nH]c3c2)c1)c1cccs1. The number of aliphatic hydroxyl groups excluding tert-OH is 1. The number of aromatic nitrogens is 2. The van der Waals surface area contributed by atoms with Crippen molar-refractivity contribution in [3.63, 3.8) is 0 Å². The van der Waals surface area contributed by atoms with Crippen molar-refractivity contribution in [2.24, 2.45) is 0 Å². The number of hydrogen-bond donors (Lipinski definition) is 4. The number of rotatable bonds is 12. The Kier molecular flexibility index (Phi) is 7.80. The highest BCUT2D eigenvalue weighted by Crippen LogP contribution is 2.27. The van der Waals surface area contributed by atoms with E-state index in [1.807, 2.05) is 0 Å². The van der Waals surface area contributed by atoms with Gasteiger partial charge in [-0.15, -0.1) is 16.4 Å². The molecule has 2 aromatic heterocycles. The van der Waals surface area contributed by atoms with Crippen molar-refractivity contribution in [2.75, 3.05) is 24.4 Å². The Bertz CT molecular complexity index is 1360. The van der Waals surface area contributed by atoms with E-state index in [0.717, 1.165) is 11.3 Å². The number of alkyl halides is 2. The molecule has 2 heterocycles. The topological polar surface area (TPSA) is 126 Å². The van der Waals surface area contributed by atoms with E-state index in [0.29, 0.717) is 34.4 Å². The molecule has 0 amide bonds. The fourth-order valence-corrected chi connectivity index (χ4v) is 5.31. The Balaban J connectivity index is 1.24. The van der Waals surface area contributed by atoms with E-state index in [1.54, 1.807) is 53.9 Å². The summed E-state index contributed by atoms with van der Waals surface area (Å²) >= 11 is 1.12. The first kappa shape index (κ1) is 24.9. The summed E-state index contributed by atoms with van der Waals surface area (Å²) in [6.45, 7) is -2.04. The van der Waals surface area contributed by atoms with Gasteiger partial charge in [-0.3, -0.25) is 9.82 Å². The van der Waals surface area contributed by atoms with E-state index in [2.05, 4.69) is 25.0 Å². The molecule has 9 nitrogen and oxygen atoms in total. The van der Waals surface area contributed by atoms with Gasteiger partial charge < -0.3 is 19.9 Å². The summed E-state index contributed by atoms with van der Waals surface area (Å²) in [5.41, 5.74) is 1.40. The third-order valence-corrected chi connectivity index (χ3v) is 7.65. The van der Waals surface area contributed by atoms with Crippen molar-refractivity contribution >= 4 is 38.0 Å². The molecular weight excluding hydrogens is 502 g/mol. The van der Waals surface area contributed by atoms with Gasteiger partial charge in [0.25, 0.3) is 10.0 Å². The number of sulfonamides is 1. The number of thiophene rings is 1. The number of aliphatic hydroxyl groups is 1. The van der Waals surface area contributed by atoms with Crippen LogP contribution in [0.2, 0.25) is 0 Å². The number of halogens is 2. The summed E-state index contributed by atoms with van der Waals surface area (Å²) in [7, 11) is -3.67. The maximum atomic E-state index is 12.4. The Morgan fingerprint density at radius 1 is 1.14 bits per heavy atom. The number of H-pyrrole nitrogens is 1. The second kappa shape index (κ2) is 11.0. The van der Waals surface area contributed by atoms with Crippen LogP contribution in [0, 0.1) is 0 Å². The Hall–Kier alpha value is -3.26. The zero-order chi connectivity index (χ0) is 24.8. The highest BCUT2D eigenvalue weighted by Gasteiger charge is 2.16. The largest absolute Gasteiger partial charge is 0.492 e. The molecule has 0 bridgehead atoms. The first-order valence-electron chi connectivity index (χ1n) is 10.4. The van der Waals surface area contributed by atoms with Gasteiger partial charge in [-0.2, -0.15) is 8.78 Å². The first-order valence-corrected chi connectivity index (χ1v) is 12.8. The van der Waals surface area contributed by atoms with Gasteiger partial charge in [-0.05, 0) is 41.3 Å². The summed E-state index contributed by atoms with van der Waals surface area (Å²) < 4.78 is 62.3. The number of ether oxygens (including phenoxy) is 2. The summed E-state index contributed by atoms with van der Waals surface area (Å²) in [5.74, 6) is 0.332. The molecule has 4 rings (SSSR count). The van der Waals surface area contributed by atoms with Crippen LogP contribution in [-0.4, -0.2) is 50.0 Å². The van der Waals surface area contributed by atoms with Gasteiger partial charge in [0.1, 0.15) is 16.6 Å². The van der Waals surface area contributed by atoms with E-state index in [4.69, 9.17) is 4.74 Å². The molecule has 4 N–H and O–H groups in total. The van der Waals surface area contributed by atoms with Gasteiger partial charge in [-0.1, -0.05) is 18.2 Å². The van der Waals surface area contributed by atoms with Gasteiger partial charge in [0.05, 0.1) is 17.0 Å². The molecular formula is C22H22F2N4O5S2. The summed E-state index contributed by atoms with van der Waals surface area (Å²) in [6, 6.07) is 14.6. The molecule has 0 aliphatic rings. The van der Waals surface area contributed by atoms with Gasteiger partial charge in [0.2, 0.25) is 5.88 Å². The number of hydrogen-bond acceptors (Lipinski definition) is 8. The molecule has 1 atom stereocenters. The molecule has 186 valence electrons. The summed E-state index contributed by atoms with van der Waals surface area (Å²) in [4.78, 5) is 0. The monoisotopic (exact) mass is 524 g/mol. The number of nitrogens with zero attached hydrogens (tertiary/aromatic N) is 1. The highest BCUT2D eigenvalue weighted by atomic mass is 32.2. The molecule has 4 aromatic rings. The predicted octanol–water partition coefficient (Wildman–Crippen LogP) is 3.73. The average molecular weight is 525 g/mol. The second-order valence-corrected chi connectivity index (χ2v) is 10.2. The standard InChI is InChI=1S/C22H22F2N4O5S2/c23-22(24)33-21-17-7-6-16(12-18(17)26-27-21)32-9-8-25-13-19(29)14-3-1-4-15(11-14)28-35(30,31)20-5-2-10-34-20/h1-7,10-12,19,22,25,28-29H,8-9,13H2,(H,26,27)/t19-/m0/s1. The number of fused-ring (bicyclic) bond motifs is 1. The molecule has 0 aliphatic heterocycles. The zero-order valence-corrected chi connectivity index (χ0v) is 19.8. The first-order chi connectivity index (χ1) is 16.8. The Labute approximate surface area is 203 Å². The minimum Gasteiger partial charge on any atom is -0.492 e. The van der Waals surface area contributed by atoms with Crippen LogP contribution in [-0.2, 0) is 10.0 Å². The van der Waals surface area contributed by atoms with Crippen molar-refractivity contribution in [2.45, 2.75) is 16.9 Å². The molecule has 0 saturated carbocycles. The summed E-state index contributed by atoms with van der Waals surface area (Å²) in [5, 5.41) is 22.0. The predicted molar refractivity (Wildman–Crippen MR) is 128 cm³/mol. The van der Waals surface area contributed by atoms with E-state index in [9.17, 15) is 22.3 Å². The lowest BCUT2D eigenvalue weighted by atomic mass is 10.1. The van der Waals surface area contributed by atoms with E-state index < -0.39 is 22.7 Å². The van der Waals surface area contributed by atoms with Crippen LogP contribution in [0.25, 0.3) is 10.9 Å². The van der Waals surface area contributed by atoms with Crippen LogP contribution in [0.1, 0.15) is 11.7 Å². The molecule has 0 saturated heterocycles. The van der Waals surface area contributed by atoms with Crippen LogP contribution in [0.15, 0.2) is 64.2 Å². The van der Waals surface area contributed by atoms with Crippen LogP contribution in [0.5, 0.6) is 11.6 Å². The maximum absolute atomic E-state index is 12.4. The quantitative estimate of drug-likeness (QED) is 0.208. The van der Waals surface area contributed by atoms with Gasteiger partial charge in [-0.25, -0.2) is 8.42 Å². The zero-order valence-electron chi connectivity index (χ0n) is 18.1. The van der Waals surface area contributed by atoms with E-state index in [-0.39, 0.29) is 23.2 Å². The van der Waals surface area contributed by atoms with Crippen molar-refractivity contribution in [3.8, 4) is 11.6 Å². The lowest BCUT2D eigenvalue weighted by Gasteiger charge is -2.14. The van der Waals surface area contributed by atoms with Crippen molar-refractivity contribution in [1.29, 1.82) is 0 Å². The number of nitrogens with one attached hydrogen (secondary N) is 3. The molecule has 0 spiro atoms. The molecule has 35 heavy (non-hydrogen) atoms. The minimum atomic E-state index is -3.67. The Morgan fingerprint density at radius 3 is 2.77 bits per heavy atom. The smallest absolute Gasteiger partial charge is 0.388 e. The number of anilines is 1. The second-order valence-electron chi connectivity index (χ2n) is 7.35. The Morgan fingerprint density at radius 2 is 2.00 bits per heavy atom. The minimum absolute atomic E-state index is 0.180. The van der Waals surface area contributed by atoms with Crippen LogP contribution in [0.4, 0.5) is 14.5 Å². The average Bonchev–Trinajstić information content (AvgIpc) is 3.49. The fraction of sp³-hybridized carbons (Fsp3) is 0.227. The third-order valence-electron chi connectivity index (χ3n) is 4.87. The van der Waals surface area contributed by atoms with Gasteiger partial charge >= 0.3 is 6.61 Å². The molecule has 0 radical (unpaired) electrons. The highest BCUT2D eigenvalue weighted by molar-refractivity contribution is 7.94. The lowest BCUT2D eigenvalue weighted by molar-refractivity contribution is -0.0518. The van der Waals surface area contributed by atoms with Crippen LogP contribution < -0.4 is 19.5 Å². The van der Waals surface area contributed by atoms with E-state index >= 15 is 0 Å². The van der Waals surface area contributed by atoms with Crippen molar-refractivity contribution < 1.29 is 31.8 Å². The van der Waals surface area contributed by atoms with Crippen molar-refractivity contribution in [3.05, 3.63) is 65.5 Å². The number of benzene rings is 2. The number of aromatic amines is 1. The molecule has 0 aliphatic carbocycles. The van der Waals surface area contributed by atoms with E-state index in [1.165, 1.54) is 6.07 Å². The van der Waals surface area contributed by atoms with Crippen LogP contribution >= 0.6 is 11.3 Å². The maximum Gasteiger partial charge on any atom is 0.388 e. The molecule has 13 heteroatoms. The molecule has 2 aromatic carbocycles. The van der Waals surface area contributed by atoms with Crippen LogP contribution in [0.3, 0.4) is 0 Å². The normalized spacial score (nSPS) is 12.7. The third kappa shape index (κ3) is 6.45. The molecule has 0 fully saturated rings. The lowest BCUT2D eigenvalue weighted by Crippen LogP contribution is -2.26. The van der Waals surface area contributed by atoms with Gasteiger partial charge in [0.15, 0.2) is 0 Å². The molecule has 0 unspecified atom stereocenters. The van der Waals surface area contributed by atoms with Crippen molar-refractivity contribution in [1.82, 2.24) is 15.5 Å². The summed E-state index contributed by atoms with van der Waals surface area (Å²) in [6.07, 6.45) is -0.865.